The van der Waals surface area contributed by atoms with Crippen LogP contribution < -0.4 is 10.2 Å². The highest BCUT2D eigenvalue weighted by Crippen LogP contribution is 2.39. The van der Waals surface area contributed by atoms with Gasteiger partial charge < -0.3 is 9.64 Å². The highest BCUT2D eigenvalue weighted by atomic mass is 35.5. The number of carbonyl (C=O) groups excluding carboxylic acids is 1. The van der Waals surface area contributed by atoms with Crippen molar-refractivity contribution in [3.05, 3.63) is 95.8 Å². The number of hydrogen-bond donors (Lipinski definition) is 1. The summed E-state index contributed by atoms with van der Waals surface area (Å²) in [5.41, 5.74) is 5.95. The van der Waals surface area contributed by atoms with Crippen LogP contribution in [-0.2, 0) is 11.2 Å². The van der Waals surface area contributed by atoms with Crippen molar-refractivity contribution >= 4 is 45.8 Å². The number of ether oxygens (including phenoxy) is 1. The topological polar surface area (TPSA) is 80.2 Å². The summed E-state index contributed by atoms with van der Waals surface area (Å²) in [7, 11) is 0. The van der Waals surface area contributed by atoms with E-state index in [4.69, 9.17) is 26.3 Å². The fourth-order valence-electron chi connectivity index (χ4n) is 4.91. The Morgan fingerprint density at radius 3 is 2.58 bits per heavy atom. The number of nitrogens with one attached hydrogen (secondary N) is 1. The molecular weight excluding hydrogens is 522 g/mol. The van der Waals surface area contributed by atoms with Gasteiger partial charge in [-0.1, -0.05) is 29.8 Å². The molecule has 7 nitrogen and oxygen atoms in total. The minimum atomic E-state index is -0.578. The minimum absolute atomic E-state index is 0.492. The number of anilines is 3. The second-order valence-electron chi connectivity index (χ2n) is 10.7. The van der Waals surface area contributed by atoms with E-state index in [0.29, 0.717) is 11.5 Å². The standard InChI is InChI=1S/C32H28ClN5O2/c1-32(2,3)40-31(39)35-25-8-4-6-20(17-25)21-9-11-26-27(18-21)36-29(23-7-5-14-34-19-23)37-30(26)38-15-13-22-16-24(33)10-12-28(22)38/h4-12,14,16-19H,13,15H2,1-3H3,(H,35,39). The molecule has 200 valence electrons. The SMILES string of the molecule is CC(C)(C)OC(=O)Nc1cccc(-c2ccc3c(N4CCc5cc(Cl)ccc54)nc(-c4cccnc4)nc3c2)c1. The van der Waals surface area contributed by atoms with Gasteiger partial charge in [0.1, 0.15) is 11.4 Å². The number of pyridine rings is 1. The van der Waals surface area contributed by atoms with Crippen molar-refractivity contribution in [3.63, 3.8) is 0 Å². The van der Waals surface area contributed by atoms with Crippen molar-refractivity contribution in [3.8, 4) is 22.5 Å². The first-order valence-corrected chi connectivity index (χ1v) is 13.5. The summed E-state index contributed by atoms with van der Waals surface area (Å²) in [5.74, 6) is 1.45. The Labute approximate surface area is 237 Å². The summed E-state index contributed by atoms with van der Waals surface area (Å²) in [6, 6.07) is 23.7. The average Bonchev–Trinajstić information content (AvgIpc) is 3.34. The van der Waals surface area contributed by atoms with Crippen LogP contribution in [0, 0.1) is 0 Å². The monoisotopic (exact) mass is 549 g/mol. The maximum absolute atomic E-state index is 12.3. The van der Waals surface area contributed by atoms with Crippen molar-refractivity contribution in [2.75, 3.05) is 16.8 Å². The van der Waals surface area contributed by atoms with Crippen molar-refractivity contribution in [1.82, 2.24) is 15.0 Å². The highest BCUT2D eigenvalue weighted by molar-refractivity contribution is 6.30. The summed E-state index contributed by atoms with van der Waals surface area (Å²) in [6.45, 7) is 6.31. The lowest BCUT2D eigenvalue weighted by Gasteiger charge is -2.21. The van der Waals surface area contributed by atoms with Crippen molar-refractivity contribution in [1.29, 1.82) is 0 Å². The fourth-order valence-corrected chi connectivity index (χ4v) is 5.11. The Hall–Kier alpha value is -4.49. The number of rotatable bonds is 4. The minimum Gasteiger partial charge on any atom is -0.444 e. The molecule has 0 spiro atoms. The van der Waals surface area contributed by atoms with Crippen LogP contribution in [0.15, 0.2) is 85.2 Å². The number of benzene rings is 3. The van der Waals surface area contributed by atoms with Gasteiger partial charge >= 0.3 is 6.09 Å². The molecule has 1 N–H and O–H groups in total. The molecule has 5 aromatic rings. The molecule has 0 bridgehead atoms. The number of aromatic nitrogens is 3. The Balaban J connectivity index is 1.43. The van der Waals surface area contributed by atoms with Crippen molar-refractivity contribution in [2.24, 2.45) is 0 Å². The van der Waals surface area contributed by atoms with Crippen LogP contribution in [0.4, 0.5) is 22.0 Å². The zero-order chi connectivity index (χ0) is 27.9. The van der Waals surface area contributed by atoms with Crippen molar-refractivity contribution < 1.29 is 9.53 Å². The van der Waals surface area contributed by atoms with Gasteiger partial charge in [-0.15, -0.1) is 0 Å². The maximum atomic E-state index is 12.3. The second kappa shape index (κ2) is 10.2. The van der Waals surface area contributed by atoms with E-state index in [9.17, 15) is 4.79 Å². The molecule has 40 heavy (non-hydrogen) atoms. The Morgan fingerprint density at radius 1 is 0.950 bits per heavy atom. The van der Waals surface area contributed by atoms with E-state index in [2.05, 4.69) is 39.5 Å². The molecule has 0 saturated carbocycles. The maximum Gasteiger partial charge on any atom is 0.412 e. The lowest BCUT2D eigenvalue weighted by atomic mass is 10.0. The van der Waals surface area contributed by atoms with Gasteiger partial charge in [0.15, 0.2) is 5.82 Å². The normalized spacial score (nSPS) is 12.8. The van der Waals surface area contributed by atoms with Gasteiger partial charge in [-0.3, -0.25) is 10.3 Å². The number of halogens is 1. The van der Waals surface area contributed by atoms with Crippen LogP contribution in [0.2, 0.25) is 5.02 Å². The molecule has 3 heterocycles. The molecule has 8 heteroatoms. The highest BCUT2D eigenvalue weighted by Gasteiger charge is 2.25. The van der Waals surface area contributed by atoms with Crippen LogP contribution in [0.5, 0.6) is 0 Å². The Morgan fingerprint density at radius 2 is 1.77 bits per heavy atom. The molecule has 1 amide bonds. The number of hydrogen-bond acceptors (Lipinski definition) is 6. The third-order valence-corrected chi connectivity index (χ3v) is 6.87. The largest absolute Gasteiger partial charge is 0.444 e. The number of amides is 1. The molecule has 0 aliphatic carbocycles. The molecule has 0 unspecified atom stereocenters. The predicted molar refractivity (Wildman–Crippen MR) is 160 cm³/mol. The number of nitrogens with zero attached hydrogens (tertiary/aromatic N) is 4. The summed E-state index contributed by atoms with van der Waals surface area (Å²) in [5, 5.41) is 4.51. The first-order valence-electron chi connectivity index (χ1n) is 13.1. The van der Waals surface area contributed by atoms with Gasteiger partial charge in [0.25, 0.3) is 0 Å². The van der Waals surface area contributed by atoms with Crippen LogP contribution in [0.3, 0.4) is 0 Å². The third kappa shape index (κ3) is 5.33. The van der Waals surface area contributed by atoms with E-state index < -0.39 is 11.7 Å². The lowest BCUT2D eigenvalue weighted by Crippen LogP contribution is -2.27. The van der Waals surface area contributed by atoms with Gasteiger partial charge in [0.2, 0.25) is 0 Å². The molecule has 2 aromatic heterocycles. The summed E-state index contributed by atoms with van der Waals surface area (Å²) in [6.07, 6.45) is 3.91. The van der Waals surface area contributed by atoms with Gasteiger partial charge in [-0.25, -0.2) is 14.8 Å². The fraction of sp³-hybridized carbons (Fsp3) is 0.188. The van der Waals surface area contributed by atoms with E-state index in [1.165, 1.54) is 5.56 Å². The molecule has 0 radical (unpaired) electrons. The molecule has 0 atom stereocenters. The van der Waals surface area contributed by atoms with Crippen LogP contribution >= 0.6 is 11.6 Å². The zero-order valence-corrected chi connectivity index (χ0v) is 23.2. The third-order valence-electron chi connectivity index (χ3n) is 6.63. The molecule has 0 saturated heterocycles. The number of fused-ring (bicyclic) bond motifs is 2. The van der Waals surface area contributed by atoms with Gasteiger partial charge in [-0.05, 0) is 98.5 Å². The van der Waals surface area contributed by atoms with Gasteiger partial charge in [-0.2, -0.15) is 0 Å². The quantitative estimate of drug-likeness (QED) is 0.244. The van der Waals surface area contributed by atoms with Gasteiger partial charge in [0.05, 0.1) is 5.52 Å². The van der Waals surface area contributed by atoms with E-state index in [1.807, 2.05) is 69.3 Å². The van der Waals surface area contributed by atoms with Crippen LogP contribution in [-0.4, -0.2) is 33.2 Å². The van der Waals surface area contributed by atoms with Gasteiger partial charge in [0, 0.05) is 46.3 Å². The number of carbonyl (C=O) groups is 1. The molecule has 1 aliphatic rings. The van der Waals surface area contributed by atoms with E-state index in [0.717, 1.165) is 57.1 Å². The van der Waals surface area contributed by atoms with E-state index >= 15 is 0 Å². The van der Waals surface area contributed by atoms with E-state index in [-0.39, 0.29) is 0 Å². The predicted octanol–water partition coefficient (Wildman–Crippen LogP) is 8.05. The van der Waals surface area contributed by atoms with Crippen LogP contribution in [0.1, 0.15) is 26.3 Å². The second-order valence-corrected chi connectivity index (χ2v) is 11.2. The molecular formula is C32H28ClN5O2. The first kappa shape index (κ1) is 25.8. The van der Waals surface area contributed by atoms with Crippen molar-refractivity contribution in [2.45, 2.75) is 32.8 Å². The lowest BCUT2D eigenvalue weighted by molar-refractivity contribution is 0.0636. The molecule has 6 rings (SSSR count). The van der Waals surface area contributed by atoms with Crippen LogP contribution in [0.25, 0.3) is 33.4 Å². The summed E-state index contributed by atoms with van der Waals surface area (Å²) in [4.78, 5) is 28.8. The Bertz CT molecular complexity index is 1730. The first-order chi connectivity index (χ1) is 19.2. The molecule has 3 aromatic carbocycles. The summed E-state index contributed by atoms with van der Waals surface area (Å²) >= 11 is 6.28. The van der Waals surface area contributed by atoms with E-state index in [1.54, 1.807) is 12.4 Å². The zero-order valence-electron chi connectivity index (χ0n) is 22.5. The summed E-state index contributed by atoms with van der Waals surface area (Å²) < 4.78 is 5.41. The average molecular weight is 550 g/mol. The molecule has 0 fully saturated rings. The Kier molecular flexibility index (Phi) is 6.60. The molecule has 1 aliphatic heterocycles. The smallest absolute Gasteiger partial charge is 0.412 e.